The number of carbonyl (C=O) groups is 3. The fraction of sp³-hybridized carbons (Fsp3) is 0.207. The van der Waals surface area contributed by atoms with Gasteiger partial charge in [-0.1, -0.05) is 184 Å². The summed E-state index contributed by atoms with van der Waals surface area (Å²) in [5.74, 6) is 0. The van der Waals surface area contributed by atoms with Gasteiger partial charge in [-0.3, -0.25) is 18.9 Å². The van der Waals surface area contributed by atoms with Crippen LogP contribution < -0.4 is 85.2 Å². The SMILES string of the molecule is C.C.Cc1cc(C)c(C(=O)P(=O)(OCCO)c2ccccc2)c(C)c1.Cc1cc(C)c(C(=O)P(=O)([O-])c2ccccc2)c(C)c1.O=S(=O)=O.[CH2-]c1cc(C)c(C(=O)P(=O)(c2ccccc2)c2ccccc2)c(C)c1.[Na+].[Na+]. The van der Waals surface area contributed by atoms with Crippen molar-refractivity contribution in [3.8, 4) is 0 Å². The number of rotatable bonds is 13. The molecule has 0 aromatic heterocycles. The van der Waals surface area contributed by atoms with Crippen LogP contribution in [0.1, 0.15) is 96.0 Å². The van der Waals surface area contributed by atoms with Gasteiger partial charge in [0.2, 0.25) is 18.2 Å². The van der Waals surface area contributed by atoms with Gasteiger partial charge in [0, 0.05) is 37.9 Å². The average molecular weight is 1130 g/mol. The first-order valence-electron chi connectivity index (χ1n) is 22.4. The van der Waals surface area contributed by atoms with Crippen LogP contribution in [0.15, 0.2) is 158 Å². The van der Waals surface area contributed by atoms with E-state index in [2.05, 4.69) is 6.92 Å². The molecule has 2 atom stereocenters. The van der Waals surface area contributed by atoms with Crippen LogP contribution in [0.5, 0.6) is 0 Å². The largest absolute Gasteiger partial charge is 1.00 e. The van der Waals surface area contributed by atoms with Crippen molar-refractivity contribution in [1.29, 1.82) is 0 Å². The van der Waals surface area contributed by atoms with E-state index >= 15 is 0 Å². The molecule has 7 aromatic carbocycles. The van der Waals surface area contributed by atoms with Crippen LogP contribution in [0.25, 0.3) is 0 Å². The van der Waals surface area contributed by atoms with E-state index in [1.165, 1.54) is 12.1 Å². The van der Waals surface area contributed by atoms with Crippen molar-refractivity contribution in [3.05, 3.63) is 231 Å². The summed E-state index contributed by atoms with van der Waals surface area (Å²) in [4.78, 5) is 51.4. The molecule has 0 amide bonds. The van der Waals surface area contributed by atoms with E-state index < -0.39 is 43.5 Å². The van der Waals surface area contributed by atoms with Gasteiger partial charge in [0.15, 0.2) is 0 Å². The number of hydrogen-bond acceptors (Lipinski definition) is 12. The zero-order valence-electron chi connectivity index (χ0n) is 43.3. The van der Waals surface area contributed by atoms with Gasteiger partial charge in [0.25, 0.3) is 5.52 Å². The summed E-state index contributed by atoms with van der Waals surface area (Å²) in [6.07, 6.45) is 0. The average Bonchev–Trinajstić information content (AvgIpc) is 3.33. The van der Waals surface area contributed by atoms with Crippen LogP contribution in [0, 0.1) is 62.3 Å². The van der Waals surface area contributed by atoms with Gasteiger partial charge in [-0.2, -0.15) is 24.6 Å². The maximum absolute atomic E-state index is 14.1. The Bertz CT molecular complexity index is 3220. The Morgan fingerprint density at radius 3 is 1.09 bits per heavy atom. The number of aryl methyl sites for hydroxylation is 8. The number of hydrogen-bond donors (Lipinski definition) is 1. The Morgan fingerprint density at radius 2 is 0.763 bits per heavy atom. The Kier molecular flexibility index (Phi) is 30.6. The second-order valence-corrected chi connectivity index (χ2v) is 24.3. The van der Waals surface area contributed by atoms with E-state index in [1.54, 1.807) is 86.6 Å². The second-order valence-electron chi connectivity index (χ2n) is 16.9. The van der Waals surface area contributed by atoms with Crippen molar-refractivity contribution >= 4 is 70.3 Å². The first-order valence-corrected chi connectivity index (χ1v) is 28.4. The van der Waals surface area contributed by atoms with E-state index in [0.29, 0.717) is 38.2 Å². The van der Waals surface area contributed by atoms with Gasteiger partial charge in [-0.15, -0.1) is 12.6 Å². The molecule has 0 aliphatic rings. The number of aliphatic hydroxyl groups excluding tert-OH is 1. The predicted molar refractivity (Wildman–Crippen MR) is 298 cm³/mol. The third-order valence-corrected chi connectivity index (χ3v) is 18.1. The molecule has 7 rings (SSSR count). The standard InChI is InChI=1S/C22H20O2P.C18H21O4P.C16H17O3P.2CH4.2Na.O3S/c1-16-14-17(2)21(18(3)15-16)22(23)25(24,19-10-6-4-7-11-19)20-12-8-5-9-13-20;1-13-11-14(2)17(15(3)12-13)18(20)23(21,22-10-9-19)16-7-5-4-6-8-16;1-11-9-12(2)15(13(3)10-11)16(17)20(18,19)14-7-5-4-6-8-14;;;;;1-4(2)3/h4-15H,1H2,2-3H3;4-8,11-12,19H,9-10H2,1-3H3;4-10H,1-3H3,(H,18,19);2*1H4;;;/q-1;;;;;2*+1;/p-1. The summed E-state index contributed by atoms with van der Waals surface area (Å²) in [6, 6.07) is 45.5. The van der Waals surface area contributed by atoms with Crippen molar-refractivity contribution in [2.24, 2.45) is 0 Å². The quantitative estimate of drug-likeness (QED) is 0.0921. The fourth-order valence-electron chi connectivity index (χ4n) is 8.32. The Balaban J connectivity index is 0.00000105. The molecule has 0 saturated carbocycles. The summed E-state index contributed by atoms with van der Waals surface area (Å²) in [5, 5.41) is 10.5. The summed E-state index contributed by atoms with van der Waals surface area (Å²) in [5.41, 5.74) is 7.06. The van der Waals surface area contributed by atoms with E-state index in [1.807, 2.05) is 114 Å². The second kappa shape index (κ2) is 32.5. The van der Waals surface area contributed by atoms with Crippen molar-refractivity contribution in [3.63, 3.8) is 0 Å². The molecule has 392 valence electrons. The Labute approximate surface area is 495 Å². The van der Waals surface area contributed by atoms with Crippen LogP contribution in [0.3, 0.4) is 0 Å². The Hall–Kier alpha value is -4.39. The Morgan fingerprint density at radius 1 is 0.487 bits per heavy atom. The molecule has 1 N–H and O–H groups in total. The monoisotopic (exact) mass is 1120 g/mol. The topological polar surface area (TPSA) is 206 Å². The molecule has 7 aromatic rings. The zero-order valence-corrected chi connectivity index (χ0v) is 50.8. The van der Waals surface area contributed by atoms with Crippen molar-refractivity contribution in [2.45, 2.75) is 70.2 Å². The third kappa shape index (κ3) is 18.1. The maximum Gasteiger partial charge on any atom is 1.00 e. The van der Waals surface area contributed by atoms with Crippen LogP contribution in [-0.4, -0.2) is 47.5 Å². The molecule has 0 bridgehead atoms. The predicted octanol–water partition coefficient (Wildman–Crippen LogP) is 5.00. The number of benzene rings is 7. The molecule has 12 nitrogen and oxygen atoms in total. The van der Waals surface area contributed by atoms with E-state index in [4.69, 9.17) is 22.3 Å². The third-order valence-electron chi connectivity index (χ3n) is 11.2. The van der Waals surface area contributed by atoms with Crippen LogP contribution in [0.4, 0.5) is 0 Å². The number of aliphatic hydroxyl groups is 1. The smallest absolute Gasteiger partial charge is 0.790 e. The van der Waals surface area contributed by atoms with Gasteiger partial charge in [-0.25, -0.2) is 0 Å². The summed E-state index contributed by atoms with van der Waals surface area (Å²) in [7, 11) is -14.7. The normalized spacial score (nSPS) is 11.8. The molecule has 2 unspecified atom stereocenters. The van der Waals surface area contributed by atoms with Crippen LogP contribution in [0.2, 0.25) is 0 Å². The summed E-state index contributed by atoms with van der Waals surface area (Å²) < 4.78 is 70.6. The van der Waals surface area contributed by atoms with Crippen LogP contribution in [-0.2, 0) is 28.8 Å². The minimum Gasteiger partial charge on any atom is -0.790 e. The number of carbonyl (C=O) groups excluding carboxylic acids is 3. The molecule has 76 heavy (non-hydrogen) atoms. The molecule has 18 heteroatoms. The molecular weight excluding hydrogens is 1060 g/mol. The molecule has 0 spiro atoms. The summed E-state index contributed by atoms with van der Waals surface area (Å²) >= 11 is 0. The van der Waals surface area contributed by atoms with Crippen molar-refractivity contribution in [1.82, 2.24) is 0 Å². The molecule has 0 radical (unpaired) electrons. The first-order chi connectivity index (χ1) is 33.9. The first kappa shape index (κ1) is 71.6. The fourth-order valence-corrected chi connectivity index (χ4v) is 14.4. The molecule has 0 aliphatic heterocycles. The van der Waals surface area contributed by atoms with Crippen molar-refractivity contribution < 1.29 is 114 Å². The van der Waals surface area contributed by atoms with Crippen LogP contribution >= 0.6 is 21.9 Å². The van der Waals surface area contributed by atoms with Gasteiger partial charge in [-0.05, 0) is 75.9 Å². The molecular formula is C58H65Na2O12P3S. The minimum absolute atomic E-state index is 0. The van der Waals surface area contributed by atoms with Crippen molar-refractivity contribution in [2.75, 3.05) is 13.2 Å². The minimum atomic E-state index is -4.32. The van der Waals surface area contributed by atoms with E-state index in [9.17, 15) is 33.0 Å². The van der Waals surface area contributed by atoms with Gasteiger partial charge < -0.3 is 23.7 Å². The molecule has 0 saturated heterocycles. The van der Waals surface area contributed by atoms with E-state index in [0.717, 1.165) is 38.9 Å². The maximum atomic E-state index is 14.1. The molecule has 0 fully saturated rings. The van der Waals surface area contributed by atoms with Gasteiger partial charge in [0.05, 0.1) is 13.2 Å². The van der Waals surface area contributed by atoms with Gasteiger partial charge in [0.1, 0.15) is 7.37 Å². The molecule has 0 aliphatic carbocycles. The van der Waals surface area contributed by atoms with Gasteiger partial charge >= 0.3 is 77.1 Å². The molecule has 0 heterocycles. The summed E-state index contributed by atoms with van der Waals surface area (Å²) in [6.45, 7) is 18.3. The van der Waals surface area contributed by atoms with E-state index in [-0.39, 0.29) is 104 Å². The zero-order chi connectivity index (χ0) is 53.6.